The monoisotopic (exact) mass is 377 g/mol. The lowest BCUT2D eigenvalue weighted by molar-refractivity contribution is -0.119. The molecule has 1 fully saturated rings. The van der Waals surface area contributed by atoms with Crippen LogP contribution in [-0.4, -0.2) is 42.9 Å². The van der Waals surface area contributed by atoms with E-state index in [0.29, 0.717) is 18.0 Å². The summed E-state index contributed by atoms with van der Waals surface area (Å²) in [4.78, 5) is 28.9. The predicted octanol–water partition coefficient (Wildman–Crippen LogP) is 3.08. The van der Waals surface area contributed by atoms with Crippen molar-refractivity contribution in [2.24, 2.45) is 0 Å². The number of likely N-dealkylation sites (N-methyl/N-ethyl adjacent to an activating group) is 1. The molecule has 146 valence electrons. The fourth-order valence-corrected chi connectivity index (χ4v) is 4.48. The van der Waals surface area contributed by atoms with Gasteiger partial charge in [0.1, 0.15) is 0 Å². The molecular weight excluding hydrogens is 350 g/mol. The molecule has 2 heterocycles. The second kappa shape index (κ2) is 7.40. The maximum Gasteiger partial charge on any atom is 0.258 e. The zero-order valence-corrected chi connectivity index (χ0v) is 16.7. The molecule has 5 heteroatoms. The largest absolute Gasteiger partial charge is 0.352 e. The standard InChI is InChI=1S/C23H27N3O2/c1-15-4-9-21-19(12-15)20-14-25(3)11-10-22(20)26(21)23(28)18-7-5-17(6-8-18)13-24-16(2)27/h4-9,12,20,22H,10-11,13-14H2,1-3H3,(H,24,27)/t20-,22-/m0/s1. The molecule has 0 spiro atoms. The van der Waals surface area contributed by atoms with Gasteiger partial charge in [-0.15, -0.1) is 0 Å². The molecule has 2 aromatic carbocycles. The van der Waals surface area contributed by atoms with Crippen LogP contribution in [0.3, 0.4) is 0 Å². The fourth-order valence-electron chi connectivity index (χ4n) is 4.48. The number of hydrogen-bond acceptors (Lipinski definition) is 3. The van der Waals surface area contributed by atoms with Crippen molar-refractivity contribution in [3.8, 4) is 0 Å². The van der Waals surface area contributed by atoms with Gasteiger partial charge in [-0.25, -0.2) is 0 Å². The van der Waals surface area contributed by atoms with Crippen molar-refractivity contribution in [2.45, 2.75) is 38.8 Å². The molecule has 0 radical (unpaired) electrons. The maximum atomic E-state index is 13.5. The Bertz CT molecular complexity index is 907. The van der Waals surface area contributed by atoms with Gasteiger partial charge in [0.25, 0.3) is 5.91 Å². The van der Waals surface area contributed by atoms with Crippen molar-refractivity contribution in [1.82, 2.24) is 10.2 Å². The highest BCUT2D eigenvalue weighted by Gasteiger charge is 2.44. The van der Waals surface area contributed by atoms with Gasteiger partial charge in [0.05, 0.1) is 0 Å². The van der Waals surface area contributed by atoms with Crippen LogP contribution >= 0.6 is 0 Å². The first-order valence-electron chi connectivity index (χ1n) is 9.90. The number of likely N-dealkylation sites (tertiary alicyclic amines) is 1. The van der Waals surface area contributed by atoms with Crippen LogP contribution in [0.1, 0.15) is 46.3 Å². The number of amides is 2. The second-order valence-corrected chi connectivity index (χ2v) is 8.07. The first-order valence-corrected chi connectivity index (χ1v) is 9.90. The summed E-state index contributed by atoms with van der Waals surface area (Å²) in [5.41, 5.74) is 5.27. The number of anilines is 1. The second-order valence-electron chi connectivity index (χ2n) is 8.07. The quantitative estimate of drug-likeness (QED) is 0.894. The molecule has 2 aromatic rings. The van der Waals surface area contributed by atoms with Gasteiger partial charge >= 0.3 is 0 Å². The van der Waals surface area contributed by atoms with Gasteiger partial charge < -0.3 is 15.1 Å². The average Bonchev–Trinajstić information content (AvgIpc) is 2.99. The number of aryl methyl sites for hydroxylation is 1. The molecule has 0 bridgehead atoms. The van der Waals surface area contributed by atoms with E-state index < -0.39 is 0 Å². The molecule has 2 aliphatic rings. The maximum absolute atomic E-state index is 13.5. The normalized spacial score (nSPS) is 21.2. The molecule has 1 saturated heterocycles. The predicted molar refractivity (Wildman–Crippen MR) is 111 cm³/mol. The number of benzene rings is 2. The molecular formula is C23H27N3O2. The van der Waals surface area contributed by atoms with Crippen LogP contribution in [0.4, 0.5) is 5.69 Å². The molecule has 0 saturated carbocycles. The lowest BCUT2D eigenvalue weighted by Crippen LogP contribution is -2.47. The van der Waals surface area contributed by atoms with E-state index in [0.717, 1.165) is 30.8 Å². The number of fused-ring (bicyclic) bond motifs is 3. The van der Waals surface area contributed by atoms with Crippen LogP contribution in [0.2, 0.25) is 0 Å². The van der Waals surface area contributed by atoms with E-state index in [1.54, 1.807) is 0 Å². The topological polar surface area (TPSA) is 52.7 Å². The number of rotatable bonds is 3. The number of nitrogens with zero attached hydrogens (tertiary/aromatic N) is 2. The summed E-state index contributed by atoms with van der Waals surface area (Å²) in [5, 5.41) is 2.79. The smallest absolute Gasteiger partial charge is 0.258 e. The van der Waals surface area contributed by atoms with Gasteiger partial charge in [-0.1, -0.05) is 29.8 Å². The van der Waals surface area contributed by atoms with E-state index in [1.807, 2.05) is 29.2 Å². The summed E-state index contributed by atoms with van der Waals surface area (Å²) >= 11 is 0. The summed E-state index contributed by atoms with van der Waals surface area (Å²) in [5.74, 6) is 0.377. The lowest BCUT2D eigenvalue weighted by Gasteiger charge is -2.36. The minimum absolute atomic E-state index is 0.0579. The molecule has 4 rings (SSSR count). The van der Waals surface area contributed by atoms with Crippen LogP contribution in [0.5, 0.6) is 0 Å². The lowest BCUT2D eigenvalue weighted by atomic mass is 9.88. The first kappa shape index (κ1) is 18.7. The number of nitrogens with one attached hydrogen (secondary N) is 1. The highest BCUT2D eigenvalue weighted by molar-refractivity contribution is 6.08. The van der Waals surface area contributed by atoms with Crippen molar-refractivity contribution in [1.29, 1.82) is 0 Å². The Morgan fingerprint density at radius 3 is 2.61 bits per heavy atom. The van der Waals surface area contributed by atoms with Crippen molar-refractivity contribution in [3.63, 3.8) is 0 Å². The molecule has 1 N–H and O–H groups in total. The summed E-state index contributed by atoms with van der Waals surface area (Å²) < 4.78 is 0. The molecule has 5 nitrogen and oxygen atoms in total. The third kappa shape index (κ3) is 3.42. The van der Waals surface area contributed by atoms with Crippen molar-refractivity contribution in [3.05, 3.63) is 64.7 Å². The van der Waals surface area contributed by atoms with Crippen LogP contribution in [0.15, 0.2) is 42.5 Å². The Kier molecular flexibility index (Phi) is 4.94. The zero-order valence-electron chi connectivity index (χ0n) is 16.7. The third-order valence-electron chi connectivity index (χ3n) is 5.91. The minimum Gasteiger partial charge on any atom is -0.352 e. The minimum atomic E-state index is -0.0579. The summed E-state index contributed by atoms with van der Waals surface area (Å²) in [6.07, 6.45) is 0.987. The molecule has 2 amide bonds. The Hall–Kier alpha value is -2.66. The summed E-state index contributed by atoms with van der Waals surface area (Å²) in [6.45, 7) is 6.09. The van der Waals surface area contributed by atoms with Crippen LogP contribution in [0.25, 0.3) is 0 Å². The molecule has 2 aliphatic heterocycles. The average molecular weight is 377 g/mol. The fraction of sp³-hybridized carbons (Fsp3) is 0.391. The molecule has 0 aliphatic carbocycles. The number of hydrogen-bond donors (Lipinski definition) is 1. The van der Waals surface area contributed by atoms with Gasteiger partial charge in [-0.2, -0.15) is 0 Å². The molecule has 0 aromatic heterocycles. The van der Waals surface area contributed by atoms with E-state index in [9.17, 15) is 9.59 Å². The van der Waals surface area contributed by atoms with Crippen LogP contribution in [0, 0.1) is 6.92 Å². The van der Waals surface area contributed by atoms with Crippen molar-refractivity contribution >= 4 is 17.5 Å². The number of carbonyl (C=O) groups excluding carboxylic acids is 2. The van der Waals surface area contributed by atoms with Gasteiger partial charge in [-0.05, 0) is 56.3 Å². The Morgan fingerprint density at radius 1 is 1.14 bits per heavy atom. The van der Waals surface area contributed by atoms with Gasteiger partial charge in [-0.3, -0.25) is 9.59 Å². The SMILES string of the molecule is CC(=O)NCc1ccc(C(=O)N2c3ccc(C)cc3[C@@H]3CN(C)CC[C@@H]32)cc1. The van der Waals surface area contributed by atoms with E-state index in [-0.39, 0.29) is 17.9 Å². The van der Waals surface area contributed by atoms with Crippen LogP contribution < -0.4 is 10.2 Å². The molecule has 28 heavy (non-hydrogen) atoms. The zero-order chi connectivity index (χ0) is 19.8. The van der Waals surface area contributed by atoms with Gasteiger partial charge in [0.2, 0.25) is 5.91 Å². The Labute approximate surface area is 166 Å². The third-order valence-corrected chi connectivity index (χ3v) is 5.91. The number of piperidine rings is 1. The van der Waals surface area contributed by atoms with E-state index in [4.69, 9.17) is 0 Å². The highest BCUT2D eigenvalue weighted by atomic mass is 16.2. The van der Waals surface area contributed by atoms with Crippen LogP contribution in [-0.2, 0) is 11.3 Å². The summed E-state index contributed by atoms with van der Waals surface area (Å²) in [7, 11) is 2.16. The molecule has 0 unspecified atom stereocenters. The first-order chi connectivity index (χ1) is 13.4. The van der Waals surface area contributed by atoms with E-state index >= 15 is 0 Å². The summed E-state index contributed by atoms with van der Waals surface area (Å²) in [6, 6.07) is 14.2. The van der Waals surface area contributed by atoms with Crippen molar-refractivity contribution in [2.75, 3.05) is 25.0 Å². The Morgan fingerprint density at radius 2 is 1.89 bits per heavy atom. The number of carbonyl (C=O) groups is 2. The Balaban J connectivity index is 1.62. The molecule has 2 atom stereocenters. The van der Waals surface area contributed by atoms with Gasteiger partial charge in [0.15, 0.2) is 0 Å². The van der Waals surface area contributed by atoms with Gasteiger partial charge in [0, 0.05) is 43.2 Å². The van der Waals surface area contributed by atoms with Crippen molar-refractivity contribution < 1.29 is 9.59 Å². The highest BCUT2D eigenvalue weighted by Crippen LogP contribution is 2.45. The van der Waals surface area contributed by atoms with E-state index in [2.05, 4.69) is 42.4 Å². The van der Waals surface area contributed by atoms with E-state index in [1.165, 1.54) is 18.1 Å².